The molecule has 3 heterocycles. The molecule has 0 aliphatic carbocycles. The van der Waals surface area contributed by atoms with Crippen LogP contribution >= 0.6 is 23.4 Å². The van der Waals surface area contributed by atoms with E-state index >= 15 is 0 Å². The standard InChI is InChI=1S/C22H21ClN6OS/c1-29-20-8-16(27-17-12-31-13-17)4-7-19(20)28-21(29)24-9-14-2-5-18(6-3-14)30-22-25-10-15(23)11-26-22/h2-8,10-11,17,27H,9,12-13H2,1H3,(H,24,28). The molecule has 1 aliphatic heterocycles. The Balaban J connectivity index is 1.23. The summed E-state index contributed by atoms with van der Waals surface area (Å²) in [4.78, 5) is 12.8. The van der Waals surface area contributed by atoms with Crippen molar-refractivity contribution in [3.63, 3.8) is 0 Å². The van der Waals surface area contributed by atoms with Gasteiger partial charge < -0.3 is 19.9 Å². The van der Waals surface area contributed by atoms with Crippen LogP contribution in [0.5, 0.6) is 11.8 Å². The molecule has 2 aromatic carbocycles. The minimum atomic E-state index is 0.264. The molecule has 1 aliphatic rings. The van der Waals surface area contributed by atoms with E-state index in [9.17, 15) is 0 Å². The topological polar surface area (TPSA) is 76.9 Å². The summed E-state index contributed by atoms with van der Waals surface area (Å²) in [5, 5.41) is 7.48. The molecule has 2 N–H and O–H groups in total. The van der Waals surface area contributed by atoms with E-state index < -0.39 is 0 Å². The number of aryl methyl sites for hydroxylation is 1. The predicted octanol–water partition coefficient (Wildman–Crippen LogP) is 4.95. The van der Waals surface area contributed by atoms with E-state index in [1.165, 1.54) is 23.9 Å². The number of thioether (sulfide) groups is 1. The van der Waals surface area contributed by atoms with Gasteiger partial charge in [-0.25, -0.2) is 15.0 Å². The average Bonchev–Trinajstić information content (AvgIpc) is 3.07. The third-order valence-corrected chi connectivity index (χ3v) is 6.54. The molecular weight excluding hydrogens is 432 g/mol. The van der Waals surface area contributed by atoms with Crippen LogP contribution in [0.25, 0.3) is 11.0 Å². The van der Waals surface area contributed by atoms with Gasteiger partial charge in [-0.05, 0) is 35.9 Å². The second kappa shape index (κ2) is 8.64. The van der Waals surface area contributed by atoms with Gasteiger partial charge in [0.1, 0.15) is 5.75 Å². The van der Waals surface area contributed by atoms with Crippen LogP contribution in [-0.4, -0.2) is 37.1 Å². The maximum atomic E-state index is 5.80. The number of nitrogens with one attached hydrogen (secondary N) is 2. The van der Waals surface area contributed by atoms with E-state index in [-0.39, 0.29) is 6.01 Å². The molecule has 1 fully saturated rings. The lowest BCUT2D eigenvalue weighted by Crippen LogP contribution is -2.33. The number of benzene rings is 2. The molecule has 9 heteroatoms. The zero-order chi connectivity index (χ0) is 21.2. The van der Waals surface area contributed by atoms with Gasteiger partial charge in [0.05, 0.1) is 28.4 Å². The third kappa shape index (κ3) is 4.55. The monoisotopic (exact) mass is 452 g/mol. The SMILES string of the molecule is Cn1c(NCc2ccc(Oc3ncc(Cl)cn3)cc2)nc2ccc(NC3CSC3)cc21. The summed E-state index contributed by atoms with van der Waals surface area (Å²) in [5.74, 6) is 3.85. The lowest BCUT2D eigenvalue weighted by molar-refractivity contribution is 0.441. The second-order valence-corrected chi connectivity index (χ2v) is 8.87. The molecule has 0 radical (unpaired) electrons. The van der Waals surface area contributed by atoms with Crippen molar-refractivity contribution >= 4 is 46.0 Å². The number of rotatable bonds is 7. The minimum Gasteiger partial charge on any atom is -0.424 e. The van der Waals surface area contributed by atoms with Crippen LogP contribution in [0.2, 0.25) is 5.02 Å². The van der Waals surface area contributed by atoms with Gasteiger partial charge in [0, 0.05) is 36.8 Å². The second-order valence-electron chi connectivity index (χ2n) is 7.36. The predicted molar refractivity (Wildman–Crippen MR) is 126 cm³/mol. The van der Waals surface area contributed by atoms with E-state index in [2.05, 4.69) is 43.4 Å². The molecule has 31 heavy (non-hydrogen) atoms. The van der Waals surface area contributed by atoms with Crippen LogP contribution in [0.15, 0.2) is 54.9 Å². The number of nitrogens with zero attached hydrogens (tertiary/aromatic N) is 4. The minimum absolute atomic E-state index is 0.264. The number of halogens is 1. The highest BCUT2D eigenvalue weighted by atomic mass is 35.5. The number of hydrogen-bond donors (Lipinski definition) is 2. The van der Waals surface area contributed by atoms with Crippen LogP contribution in [0, 0.1) is 0 Å². The summed E-state index contributed by atoms with van der Waals surface area (Å²) in [6.07, 6.45) is 3.01. The van der Waals surface area contributed by atoms with Crippen LogP contribution in [-0.2, 0) is 13.6 Å². The Morgan fingerprint density at radius 1 is 1.13 bits per heavy atom. The van der Waals surface area contributed by atoms with Crippen molar-refractivity contribution in [1.29, 1.82) is 0 Å². The highest BCUT2D eigenvalue weighted by molar-refractivity contribution is 8.00. The number of fused-ring (bicyclic) bond motifs is 1. The summed E-state index contributed by atoms with van der Waals surface area (Å²) in [7, 11) is 2.03. The normalized spacial score (nSPS) is 13.7. The first-order valence-corrected chi connectivity index (χ1v) is 11.5. The van der Waals surface area contributed by atoms with Gasteiger partial charge in [-0.1, -0.05) is 23.7 Å². The van der Waals surface area contributed by atoms with Crippen molar-refractivity contribution in [3.8, 4) is 11.8 Å². The van der Waals surface area contributed by atoms with Crippen LogP contribution in [0.1, 0.15) is 5.56 Å². The smallest absolute Gasteiger partial charge is 0.321 e. The molecule has 0 saturated carbocycles. The summed E-state index contributed by atoms with van der Waals surface area (Å²) >= 11 is 7.77. The average molecular weight is 453 g/mol. The Hall–Kier alpha value is -2.97. The fourth-order valence-corrected chi connectivity index (χ4v) is 4.04. The van der Waals surface area contributed by atoms with Crippen molar-refractivity contribution in [2.75, 3.05) is 22.1 Å². The van der Waals surface area contributed by atoms with Gasteiger partial charge in [0.15, 0.2) is 0 Å². The highest BCUT2D eigenvalue weighted by Gasteiger charge is 2.18. The highest BCUT2D eigenvalue weighted by Crippen LogP contribution is 2.26. The van der Waals surface area contributed by atoms with Crippen molar-refractivity contribution in [2.24, 2.45) is 7.05 Å². The van der Waals surface area contributed by atoms with E-state index in [0.29, 0.717) is 23.4 Å². The number of aromatic nitrogens is 4. The summed E-state index contributed by atoms with van der Waals surface area (Å²) < 4.78 is 7.72. The first-order valence-electron chi connectivity index (χ1n) is 9.93. The molecule has 4 aromatic rings. The number of imidazole rings is 1. The lowest BCUT2D eigenvalue weighted by atomic mass is 10.2. The fourth-order valence-electron chi connectivity index (χ4n) is 3.31. The van der Waals surface area contributed by atoms with Gasteiger partial charge in [-0.15, -0.1) is 0 Å². The van der Waals surface area contributed by atoms with Crippen molar-refractivity contribution in [3.05, 3.63) is 65.4 Å². The van der Waals surface area contributed by atoms with E-state index in [0.717, 1.165) is 28.2 Å². The van der Waals surface area contributed by atoms with E-state index in [1.807, 2.05) is 43.1 Å². The molecule has 0 amide bonds. The molecule has 1 saturated heterocycles. The van der Waals surface area contributed by atoms with Gasteiger partial charge in [0.25, 0.3) is 0 Å². The number of hydrogen-bond acceptors (Lipinski definition) is 7. The molecule has 0 unspecified atom stereocenters. The first kappa shape index (κ1) is 20.0. The van der Waals surface area contributed by atoms with Gasteiger partial charge in [0.2, 0.25) is 5.95 Å². The van der Waals surface area contributed by atoms with E-state index in [1.54, 1.807) is 0 Å². The van der Waals surface area contributed by atoms with Crippen molar-refractivity contribution in [2.45, 2.75) is 12.6 Å². The number of ether oxygens (including phenoxy) is 1. The summed E-state index contributed by atoms with van der Waals surface area (Å²) in [6, 6.07) is 15.0. The zero-order valence-electron chi connectivity index (χ0n) is 16.9. The maximum absolute atomic E-state index is 5.80. The molecule has 0 atom stereocenters. The zero-order valence-corrected chi connectivity index (χ0v) is 18.5. The Labute approximate surface area is 189 Å². The molecule has 0 spiro atoms. The lowest BCUT2D eigenvalue weighted by Gasteiger charge is -2.26. The largest absolute Gasteiger partial charge is 0.424 e. The van der Waals surface area contributed by atoms with Crippen molar-refractivity contribution in [1.82, 2.24) is 19.5 Å². The summed E-state index contributed by atoms with van der Waals surface area (Å²) in [6.45, 7) is 0.652. The van der Waals surface area contributed by atoms with Crippen LogP contribution in [0.4, 0.5) is 11.6 Å². The number of anilines is 2. The molecule has 158 valence electrons. The Bertz CT molecular complexity index is 1190. The van der Waals surface area contributed by atoms with Crippen molar-refractivity contribution < 1.29 is 4.74 Å². The van der Waals surface area contributed by atoms with Crippen LogP contribution < -0.4 is 15.4 Å². The van der Waals surface area contributed by atoms with E-state index in [4.69, 9.17) is 21.3 Å². The Kier molecular flexibility index (Phi) is 5.57. The Morgan fingerprint density at radius 2 is 1.90 bits per heavy atom. The molecular formula is C22H21ClN6OS. The third-order valence-electron chi connectivity index (χ3n) is 5.07. The molecule has 0 bridgehead atoms. The fraction of sp³-hybridized carbons (Fsp3) is 0.227. The molecule has 7 nitrogen and oxygen atoms in total. The molecule has 2 aromatic heterocycles. The molecule has 5 rings (SSSR count). The van der Waals surface area contributed by atoms with Gasteiger partial charge >= 0.3 is 6.01 Å². The quantitative estimate of drug-likeness (QED) is 0.411. The maximum Gasteiger partial charge on any atom is 0.321 e. The summed E-state index contributed by atoms with van der Waals surface area (Å²) in [5.41, 5.74) is 4.34. The first-order chi connectivity index (χ1) is 15.1. The van der Waals surface area contributed by atoms with Gasteiger partial charge in [-0.3, -0.25) is 0 Å². The van der Waals surface area contributed by atoms with Crippen LogP contribution in [0.3, 0.4) is 0 Å². The Morgan fingerprint density at radius 3 is 2.61 bits per heavy atom. The van der Waals surface area contributed by atoms with Gasteiger partial charge in [-0.2, -0.15) is 11.8 Å².